The molecule has 1 aromatic rings. The molecule has 0 saturated heterocycles. The van der Waals surface area contributed by atoms with Crippen LogP contribution in [-0.4, -0.2) is 44.6 Å². The summed E-state index contributed by atoms with van der Waals surface area (Å²) in [6, 6.07) is 7.75. The van der Waals surface area contributed by atoms with Gasteiger partial charge in [0.2, 0.25) is 5.91 Å². The lowest BCUT2D eigenvalue weighted by molar-refractivity contribution is -0.121. The van der Waals surface area contributed by atoms with E-state index >= 15 is 0 Å². The van der Waals surface area contributed by atoms with Crippen LogP contribution in [0.3, 0.4) is 0 Å². The van der Waals surface area contributed by atoms with Crippen LogP contribution in [-0.2, 0) is 11.3 Å². The average Bonchev–Trinajstić information content (AvgIpc) is 2.37. The Hall–Kier alpha value is -1.59. The van der Waals surface area contributed by atoms with Gasteiger partial charge >= 0.3 is 0 Å². The van der Waals surface area contributed by atoms with Crippen molar-refractivity contribution in [2.75, 3.05) is 33.8 Å². The normalized spacial score (nSPS) is 10.5. The zero-order chi connectivity index (χ0) is 14.1. The van der Waals surface area contributed by atoms with Gasteiger partial charge in [-0.05, 0) is 31.8 Å². The summed E-state index contributed by atoms with van der Waals surface area (Å²) in [5, 5.41) is 2.82. The maximum Gasteiger partial charge on any atom is 0.221 e. The van der Waals surface area contributed by atoms with Crippen molar-refractivity contribution in [3.63, 3.8) is 0 Å². The first-order valence-electron chi connectivity index (χ1n) is 6.45. The Morgan fingerprint density at radius 2 is 2.21 bits per heavy atom. The standard InChI is InChI=1S/C14H23N3O2/c1-17(2)8-9-19-13-5-3-4-12(10-13)11-16-14(18)6-7-15/h3-5,10H,6-9,11,15H2,1-2H3,(H,16,18). The molecule has 0 aliphatic rings. The lowest BCUT2D eigenvalue weighted by Crippen LogP contribution is -2.25. The van der Waals surface area contributed by atoms with E-state index in [0.717, 1.165) is 17.9 Å². The highest BCUT2D eigenvalue weighted by atomic mass is 16.5. The van der Waals surface area contributed by atoms with E-state index in [2.05, 4.69) is 10.2 Å². The predicted octanol–water partition coefficient (Wildman–Crippen LogP) is 0.592. The molecule has 0 radical (unpaired) electrons. The topological polar surface area (TPSA) is 67.6 Å². The van der Waals surface area contributed by atoms with Crippen LogP contribution in [0.2, 0.25) is 0 Å². The number of hydrogen-bond donors (Lipinski definition) is 2. The minimum Gasteiger partial charge on any atom is -0.492 e. The second kappa shape index (κ2) is 8.50. The molecular formula is C14H23N3O2. The summed E-state index contributed by atoms with van der Waals surface area (Å²) in [5.41, 5.74) is 6.34. The number of amides is 1. The van der Waals surface area contributed by atoms with Crippen LogP contribution in [0.4, 0.5) is 0 Å². The summed E-state index contributed by atoms with van der Waals surface area (Å²) >= 11 is 0. The molecule has 0 aliphatic carbocycles. The zero-order valence-corrected chi connectivity index (χ0v) is 11.7. The van der Waals surface area contributed by atoms with Gasteiger partial charge in [0.1, 0.15) is 12.4 Å². The van der Waals surface area contributed by atoms with Crippen molar-refractivity contribution < 1.29 is 9.53 Å². The molecule has 1 rings (SSSR count). The molecule has 0 spiro atoms. The Labute approximate surface area is 114 Å². The van der Waals surface area contributed by atoms with Gasteiger partial charge in [0, 0.05) is 26.1 Å². The molecule has 0 saturated carbocycles. The van der Waals surface area contributed by atoms with E-state index in [-0.39, 0.29) is 5.91 Å². The summed E-state index contributed by atoms with van der Waals surface area (Å²) in [5.74, 6) is 0.800. The van der Waals surface area contributed by atoms with Gasteiger partial charge in [0.15, 0.2) is 0 Å². The summed E-state index contributed by atoms with van der Waals surface area (Å²) in [6.07, 6.45) is 0.360. The number of ether oxygens (including phenoxy) is 1. The molecule has 0 fully saturated rings. The molecule has 1 amide bonds. The van der Waals surface area contributed by atoms with E-state index in [1.165, 1.54) is 0 Å². The number of rotatable bonds is 8. The Morgan fingerprint density at radius 1 is 1.42 bits per heavy atom. The molecular weight excluding hydrogens is 242 g/mol. The van der Waals surface area contributed by atoms with Crippen molar-refractivity contribution in [3.05, 3.63) is 29.8 Å². The predicted molar refractivity (Wildman–Crippen MR) is 76.0 cm³/mol. The van der Waals surface area contributed by atoms with E-state index < -0.39 is 0 Å². The smallest absolute Gasteiger partial charge is 0.221 e. The Bertz CT molecular complexity index is 394. The number of hydrogen-bond acceptors (Lipinski definition) is 4. The average molecular weight is 265 g/mol. The maximum absolute atomic E-state index is 11.3. The van der Waals surface area contributed by atoms with Gasteiger partial charge in [-0.2, -0.15) is 0 Å². The fraction of sp³-hybridized carbons (Fsp3) is 0.500. The first kappa shape index (κ1) is 15.5. The van der Waals surface area contributed by atoms with Crippen molar-refractivity contribution >= 4 is 5.91 Å². The fourth-order valence-corrected chi connectivity index (χ4v) is 1.51. The maximum atomic E-state index is 11.3. The van der Waals surface area contributed by atoms with E-state index in [1.807, 2.05) is 38.4 Å². The minimum absolute atomic E-state index is 0.0265. The highest BCUT2D eigenvalue weighted by molar-refractivity contribution is 5.76. The van der Waals surface area contributed by atoms with Crippen molar-refractivity contribution in [2.45, 2.75) is 13.0 Å². The molecule has 0 heterocycles. The molecule has 106 valence electrons. The first-order chi connectivity index (χ1) is 9.11. The van der Waals surface area contributed by atoms with Crippen LogP contribution < -0.4 is 15.8 Å². The zero-order valence-electron chi connectivity index (χ0n) is 11.7. The van der Waals surface area contributed by atoms with Gasteiger partial charge < -0.3 is 20.7 Å². The molecule has 0 aromatic heterocycles. The third-order valence-corrected chi connectivity index (χ3v) is 2.57. The molecule has 0 atom stereocenters. The summed E-state index contributed by atoms with van der Waals surface area (Å²) < 4.78 is 5.64. The Morgan fingerprint density at radius 3 is 2.89 bits per heavy atom. The minimum atomic E-state index is -0.0265. The van der Waals surface area contributed by atoms with Gasteiger partial charge in [-0.25, -0.2) is 0 Å². The number of benzene rings is 1. The van der Waals surface area contributed by atoms with Crippen LogP contribution in [0, 0.1) is 0 Å². The molecule has 5 nitrogen and oxygen atoms in total. The molecule has 0 bridgehead atoms. The molecule has 19 heavy (non-hydrogen) atoms. The third-order valence-electron chi connectivity index (χ3n) is 2.57. The second-order valence-electron chi connectivity index (χ2n) is 4.61. The van der Waals surface area contributed by atoms with Crippen molar-refractivity contribution in [1.82, 2.24) is 10.2 Å². The van der Waals surface area contributed by atoms with Crippen LogP contribution in [0.5, 0.6) is 5.75 Å². The number of nitrogens with one attached hydrogen (secondary N) is 1. The lowest BCUT2D eigenvalue weighted by atomic mass is 10.2. The first-order valence-corrected chi connectivity index (χ1v) is 6.45. The Balaban J connectivity index is 2.41. The van der Waals surface area contributed by atoms with E-state index in [1.54, 1.807) is 0 Å². The van der Waals surface area contributed by atoms with Gasteiger partial charge in [0.05, 0.1) is 0 Å². The molecule has 3 N–H and O–H groups in total. The molecule has 0 aliphatic heterocycles. The van der Waals surface area contributed by atoms with E-state index in [4.69, 9.17) is 10.5 Å². The van der Waals surface area contributed by atoms with Crippen LogP contribution in [0.1, 0.15) is 12.0 Å². The summed E-state index contributed by atoms with van der Waals surface area (Å²) in [7, 11) is 4.01. The van der Waals surface area contributed by atoms with Gasteiger partial charge in [0.25, 0.3) is 0 Å². The second-order valence-corrected chi connectivity index (χ2v) is 4.61. The summed E-state index contributed by atoms with van der Waals surface area (Å²) in [4.78, 5) is 13.4. The number of nitrogens with two attached hydrogens (primary N) is 1. The van der Waals surface area contributed by atoms with Crippen LogP contribution >= 0.6 is 0 Å². The molecule has 0 unspecified atom stereocenters. The van der Waals surface area contributed by atoms with Crippen molar-refractivity contribution in [2.24, 2.45) is 5.73 Å². The largest absolute Gasteiger partial charge is 0.492 e. The quantitative estimate of drug-likeness (QED) is 0.722. The molecule has 5 heteroatoms. The van der Waals surface area contributed by atoms with E-state index in [0.29, 0.717) is 26.1 Å². The monoisotopic (exact) mass is 265 g/mol. The summed E-state index contributed by atoms with van der Waals surface area (Å²) in [6.45, 7) is 2.40. The highest BCUT2D eigenvalue weighted by Crippen LogP contribution is 2.13. The van der Waals surface area contributed by atoms with Crippen LogP contribution in [0.25, 0.3) is 0 Å². The third kappa shape index (κ3) is 6.79. The number of carbonyl (C=O) groups excluding carboxylic acids is 1. The van der Waals surface area contributed by atoms with Crippen molar-refractivity contribution in [1.29, 1.82) is 0 Å². The number of nitrogens with zero attached hydrogens (tertiary/aromatic N) is 1. The van der Waals surface area contributed by atoms with E-state index in [9.17, 15) is 4.79 Å². The lowest BCUT2D eigenvalue weighted by Gasteiger charge is -2.12. The number of likely N-dealkylation sites (N-methyl/N-ethyl adjacent to an activating group) is 1. The fourth-order valence-electron chi connectivity index (χ4n) is 1.51. The van der Waals surface area contributed by atoms with Gasteiger partial charge in [-0.3, -0.25) is 4.79 Å². The highest BCUT2D eigenvalue weighted by Gasteiger charge is 2.01. The number of carbonyl (C=O) groups is 1. The Kier molecular flexibility index (Phi) is 6.92. The van der Waals surface area contributed by atoms with Gasteiger partial charge in [-0.15, -0.1) is 0 Å². The van der Waals surface area contributed by atoms with Crippen LogP contribution in [0.15, 0.2) is 24.3 Å². The van der Waals surface area contributed by atoms with Crippen molar-refractivity contribution in [3.8, 4) is 5.75 Å². The SMILES string of the molecule is CN(C)CCOc1cccc(CNC(=O)CCN)c1. The molecule has 1 aromatic carbocycles. The van der Waals surface area contributed by atoms with Gasteiger partial charge in [-0.1, -0.05) is 12.1 Å².